The number of amides is 2. The van der Waals surface area contributed by atoms with Gasteiger partial charge in [0.05, 0.1) is 12.1 Å². The standard InChI is InChI=1S/C26H22Cl2N2O4/c27-17-13-16(14-18(28)15-17)26(33)34-12-11-30-24(31)20-6-4-5-19-22(29-9-2-1-3-10-29)8-7-21(23(19)20)25(30)32/h4-8,13-15H,1-3,9-12H2. The number of piperidine rings is 1. The van der Waals surface area contributed by atoms with E-state index in [1.807, 2.05) is 18.2 Å². The minimum Gasteiger partial charge on any atom is -0.460 e. The summed E-state index contributed by atoms with van der Waals surface area (Å²) in [4.78, 5) is 42.3. The van der Waals surface area contributed by atoms with Gasteiger partial charge >= 0.3 is 5.97 Å². The highest BCUT2D eigenvalue weighted by molar-refractivity contribution is 6.35. The van der Waals surface area contributed by atoms with Crippen LogP contribution in [-0.2, 0) is 4.74 Å². The highest BCUT2D eigenvalue weighted by Gasteiger charge is 2.33. The van der Waals surface area contributed by atoms with Gasteiger partial charge in [0.15, 0.2) is 0 Å². The Bertz CT molecular complexity index is 1280. The molecule has 0 spiro atoms. The molecule has 174 valence electrons. The number of rotatable bonds is 5. The zero-order valence-corrected chi connectivity index (χ0v) is 19.9. The Morgan fingerprint density at radius 2 is 1.56 bits per heavy atom. The summed E-state index contributed by atoms with van der Waals surface area (Å²) in [6.45, 7) is 1.74. The summed E-state index contributed by atoms with van der Waals surface area (Å²) in [7, 11) is 0. The van der Waals surface area contributed by atoms with E-state index in [9.17, 15) is 14.4 Å². The molecule has 0 N–H and O–H groups in total. The van der Waals surface area contributed by atoms with E-state index in [-0.39, 0.29) is 30.5 Å². The molecule has 8 heteroatoms. The molecule has 2 amide bonds. The van der Waals surface area contributed by atoms with Crippen molar-refractivity contribution in [3.05, 3.63) is 75.3 Å². The van der Waals surface area contributed by atoms with Crippen molar-refractivity contribution in [2.45, 2.75) is 19.3 Å². The molecule has 3 aromatic carbocycles. The number of benzene rings is 3. The lowest BCUT2D eigenvalue weighted by Crippen LogP contribution is -2.42. The summed E-state index contributed by atoms with van der Waals surface area (Å²) in [6.07, 6.45) is 3.49. The Morgan fingerprint density at radius 3 is 2.26 bits per heavy atom. The topological polar surface area (TPSA) is 66.9 Å². The van der Waals surface area contributed by atoms with Gasteiger partial charge in [-0.1, -0.05) is 35.3 Å². The van der Waals surface area contributed by atoms with Gasteiger partial charge < -0.3 is 9.64 Å². The summed E-state index contributed by atoms with van der Waals surface area (Å²) in [6, 6.07) is 13.8. The minimum atomic E-state index is -0.630. The van der Waals surface area contributed by atoms with Crippen molar-refractivity contribution >= 4 is 57.4 Å². The lowest BCUT2D eigenvalue weighted by molar-refractivity contribution is 0.0405. The Balaban J connectivity index is 1.37. The molecule has 5 rings (SSSR count). The normalized spacial score (nSPS) is 15.7. The lowest BCUT2D eigenvalue weighted by Gasteiger charge is -2.32. The Labute approximate surface area is 207 Å². The van der Waals surface area contributed by atoms with E-state index in [0.29, 0.717) is 26.6 Å². The fraction of sp³-hybridized carbons (Fsp3) is 0.269. The van der Waals surface area contributed by atoms with Crippen molar-refractivity contribution in [2.24, 2.45) is 0 Å². The Hall–Kier alpha value is -3.09. The van der Waals surface area contributed by atoms with E-state index in [1.165, 1.54) is 24.6 Å². The molecule has 1 saturated heterocycles. The summed E-state index contributed by atoms with van der Waals surface area (Å²) in [5.74, 6) is -1.41. The van der Waals surface area contributed by atoms with Gasteiger partial charge in [0.25, 0.3) is 11.8 Å². The second kappa shape index (κ2) is 9.28. The first-order valence-corrected chi connectivity index (χ1v) is 12.0. The molecule has 0 bridgehead atoms. The third-order valence-electron chi connectivity index (χ3n) is 6.31. The van der Waals surface area contributed by atoms with E-state index in [2.05, 4.69) is 4.90 Å². The van der Waals surface area contributed by atoms with E-state index in [1.54, 1.807) is 12.1 Å². The van der Waals surface area contributed by atoms with Gasteiger partial charge in [0.2, 0.25) is 0 Å². The summed E-state index contributed by atoms with van der Waals surface area (Å²) in [5.41, 5.74) is 2.23. The van der Waals surface area contributed by atoms with Crippen LogP contribution in [0.25, 0.3) is 10.8 Å². The first-order valence-electron chi connectivity index (χ1n) is 11.2. The summed E-state index contributed by atoms with van der Waals surface area (Å²) in [5, 5.41) is 2.24. The maximum Gasteiger partial charge on any atom is 0.338 e. The van der Waals surface area contributed by atoms with Crippen LogP contribution in [-0.4, -0.2) is 48.9 Å². The van der Waals surface area contributed by atoms with Crippen LogP contribution in [0.4, 0.5) is 5.69 Å². The fourth-order valence-corrected chi connectivity index (χ4v) is 5.26. The third-order valence-corrected chi connectivity index (χ3v) is 6.75. The third kappa shape index (κ3) is 4.12. The van der Waals surface area contributed by atoms with E-state index in [4.69, 9.17) is 27.9 Å². The SMILES string of the molecule is O=C(OCCN1C(=O)c2cccc3c(N4CCCCC4)ccc(c23)C1=O)c1cc(Cl)cc(Cl)c1. The van der Waals surface area contributed by atoms with Crippen LogP contribution in [0, 0.1) is 0 Å². The predicted molar refractivity (Wildman–Crippen MR) is 132 cm³/mol. The number of anilines is 1. The molecule has 0 atom stereocenters. The van der Waals surface area contributed by atoms with Gasteiger partial charge in [-0.05, 0) is 55.7 Å². The molecule has 0 radical (unpaired) electrons. The van der Waals surface area contributed by atoms with Gasteiger partial charge in [-0.15, -0.1) is 0 Å². The number of esters is 1. The van der Waals surface area contributed by atoms with Gasteiger partial charge in [0, 0.05) is 50.7 Å². The monoisotopic (exact) mass is 496 g/mol. The minimum absolute atomic E-state index is 0.0542. The molecular formula is C26H22Cl2N2O4. The van der Waals surface area contributed by atoms with Crippen LogP contribution < -0.4 is 4.90 Å². The van der Waals surface area contributed by atoms with Crippen LogP contribution in [0.5, 0.6) is 0 Å². The quantitative estimate of drug-likeness (QED) is 0.340. The van der Waals surface area contributed by atoms with E-state index < -0.39 is 5.97 Å². The molecule has 0 saturated carbocycles. The zero-order chi connectivity index (χ0) is 23.8. The molecule has 34 heavy (non-hydrogen) atoms. The molecule has 6 nitrogen and oxygen atoms in total. The van der Waals surface area contributed by atoms with Gasteiger partial charge in [0.1, 0.15) is 6.61 Å². The molecule has 2 aliphatic rings. The Kier molecular flexibility index (Phi) is 6.19. The molecular weight excluding hydrogens is 475 g/mol. The molecule has 0 unspecified atom stereocenters. The second-order valence-corrected chi connectivity index (χ2v) is 9.34. The molecule has 0 aliphatic carbocycles. The highest BCUT2D eigenvalue weighted by atomic mass is 35.5. The largest absolute Gasteiger partial charge is 0.460 e. The highest BCUT2D eigenvalue weighted by Crippen LogP contribution is 2.36. The average Bonchev–Trinajstić information content (AvgIpc) is 2.84. The van der Waals surface area contributed by atoms with Crippen molar-refractivity contribution in [2.75, 3.05) is 31.1 Å². The van der Waals surface area contributed by atoms with Crippen LogP contribution in [0.2, 0.25) is 10.0 Å². The summed E-state index contributed by atoms with van der Waals surface area (Å²) >= 11 is 11.9. The smallest absolute Gasteiger partial charge is 0.338 e. The molecule has 1 fully saturated rings. The van der Waals surface area contributed by atoms with Crippen LogP contribution in [0.1, 0.15) is 50.3 Å². The number of carbonyl (C=O) groups excluding carboxylic acids is 3. The fourth-order valence-electron chi connectivity index (χ4n) is 4.73. The van der Waals surface area contributed by atoms with Gasteiger partial charge in [-0.25, -0.2) is 4.79 Å². The van der Waals surface area contributed by atoms with Crippen molar-refractivity contribution in [3.63, 3.8) is 0 Å². The number of hydrogen-bond acceptors (Lipinski definition) is 5. The lowest BCUT2D eigenvalue weighted by atomic mass is 9.92. The van der Waals surface area contributed by atoms with Crippen molar-refractivity contribution < 1.29 is 19.1 Å². The molecule has 2 heterocycles. The number of imide groups is 1. The summed E-state index contributed by atoms with van der Waals surface area (Å²) < 4.78 is 5.29. The van der Waals surface area contributed by atoms with Gasteiger partial charge in [-0.2, -0.15) is 0 Å². The zero-order valence-electron chi connectivity index (χ0n) is 18.4. The number of carbonyl (C=O) groups is 3. The van der Waals surface area contributed by atoms with Crippen molar-refractivity contribution in [1.29, 1.82) is 0 Å². The van der Waals surface area contributed by atoms with Gasteiger partial charge in [-0.3, -0.25) is 14.5 Å². The molecule has 0 aromatic heterocycles. The van der Waals surface area contributed by atoms with Crippen LogP contribution >= 0.6 is 23.2 Å². The first kappa shape index (κ1) is 22.7. The maximum absolute atomic E-state index is 13.3. The predicted octanol–water partition coefficient (Wildman–Crippen LogP) is 5.59. The van der Waals surface area contributed by atoms with E-state index >= 15 is 0 Å². The van der Waals surface area contributed by atoms with Crippen molar-refractivity contribution in [1.82, 2.24) is 4.90 Å². The Morgan fingerprint density at radius 1 is 0.882 bits per heavy atom. The van der Waals surface area contributed by atoms with Crippen LogP contribution in [0.15, 0.2) is 48.5 Å². The van der Waals surface area contributed by atoms with Crippen molar-refractivity contribution in [3.8, 4) is 0 Å². The number of halogens is 2. The number of nitrogens with zero attached hydrogens (tertiary/aromatic N) is 2. The van der Waals surface area contributed by atoms with Crippen LogP contribution in [0.3, 0.4) is 0 Å². The average molecular weight is 497 g/mol. The molecule has 3 aromatic rings. The maximum atomic E-state index is 13.3. The number of hydrogen-bond donors (Lipinski definition) is 0. The first-order chi connectivity index (χ1) is 16.4. The second-order valence-electron chi connectivity index (χ2n) is 8.46. The van der Waals surface area contributed by atoms with E-state index in [0.717, 1.165) is 41.9 Å². The number of ether oxygens (including phenoxy) is 1. The molecule has 2 aliphatic heterocycles.